The molecule has 0 spiro atoms. The molecular formula is C21H19ClN6O. The molecule has 1 aromatic carbocycles. The lowest BCUT2D eigenvalue weighted by Crippen LogP contribution is -2.31. The number of hydrogen-bond acceptors (Lipinski definition) is 6. The van der Waals surface area contributed by atoms with Crippen molar-refractivity contribution in [3.8, 4) is 11.4 Å². The fourth-order valence-electron chi connectivity index (χ4n) is 3.92. The normalized spacial score (nSPS) is 19.2. The van der Waals surface area contributed by atoms with Crippen molar-refractivity contribution in [1.82, 2.24) is 24.5 Å². The number of aryl methyl sites for hydroxylation is 1. The second-order valence-corrected chi connectivity index (χ2v) is 7.74. The minimum atomic E-state index is -0.999. The number of benzene rings is 1. The molecule has 8 heteroatoms. The van der Waals surface area contributed by atoms with E-state index in [0.717, 1.165) is 28.2 Å². The minimum Gasteiger partial charge on any atom is -0.383 e. The number of para-hydroxylation sites is 2. The van der Waals surface area contributed by atoms with Crippen molar-refractivity contribution in [3.63, 3.8) is 0 Å². The largest absolute Gasteiger partial charge is 0.383 e. The summed E-state index contributed by atoms with van der Waals surface area (Å²) in [5, 5.41) is 11.6. The number of pyridine rings is 1. The fraction of sp³-hybridized carbons (Fsp3) is 0.238. The Balaban J connectivity index is 1.51. The molecule has 0 saturated carbocycles. The average molecular weight is 407 g/mol. The first-order valence-corrected chi connectivity index (χ1v) is 9.73. The van der Waals surface area contributed by atoms with Crippen LogP contribution in [0.5, 0.6) is 0 Å². The molecule has 3 aromatic heterocycles. The molecule has 1 aliphatic heterocycles. The SMILES string of the molecule is Cn1c(-c2cc(N3CCC(O)(c4cncnc4)C3)ncc2Cl)nc2ccccc21. The van der Waals surface area contributed by atoms with Crippen LogP contribution in [0.3, 0.4) is 0 Å². The van der Waals surface area contributed by atoms with E-state index in [4.69, 9.17) is 16.6 Å². The summed E-state index contributed by atoms with van der Waals surface area (Å²) >= 11 is 6.49. The quantitative estimate of drug-likeness (QED) is 0.563. The molecule has 0 aliphatic carbocycles. The first-order valence-electron chi connectivity index (χ1n) is 9.35. The summed E-state index contributed by atoms with van der Waals surface area (Å²) < 4.78 is 2.03. The third-order valence-corrected chi connectivity index (χ3v) is 5.84. The van der Waals surface area contributed by atoms with Crippen molar-refractivity contribution < 1.29 is 5.11 Å². The zero-order valence-corrected chi connectivity index (χ0v) is 16.6. The van der Waals surface area contributed by atoms with Crippen LogP contribution in [-0.4, -0.2) is 42.7 Å². The third kappa shape index (κ3) is 3.03. The second kappa shape index (κ2) is 6.79. The van der Waals surface area contributed by atoms with Gasteiger partial charge in [0, 0.05) is 43.3 Å². The van der Waals surface area contributed by atoms with Crippen molar-refractivity contribution in [3.05, 3.63) is 65.8 Å². The number of fused-ring (bicyclic) bond motifs is 1. The first-order chi connectivity index (χ1) is 14.0. The molecule has 1 atom stereocenters. The lowest BCUT2D eigenvalue weighted by atomic mass is 9.96. The van der Waals surface area contributed by atoms with Crippen LogP contribution in [0.4, 0.5) is 5.82 Å². The standard InChI is InChI=1S/C21H19ClN6O/c1-27-18-5-3-2-4-17(18)26-20(27)15-8-19(25-11-16(15)22)28-7-6-21(29,12-28)14-9-23-13-24-10-14/h2-5,8-11,13,29H,6-7,12H2,1H3. The van der Waals surface area contributed by atoms with E-state index >= 15 is 0 Å². The molecule has 0 bridgehead atoms. The van der Waals surface area contributed by atoms with Gasteiger partial charge >= 0.3 is 0 Å². The van der Waals surface area contributed by atoms with Gasteiger partial charge in [-0.15, -0.1) is 0 Å². The van der Waals surface area contributed by atoms with Crippen LogP contribution in [0.1, 0.15) is 12.0 Å². The molecule has 1 unspecified atom stereocenters. The molecule has 1 N–H and O–H groups in total. The van der Waals surface area contributed by atoms with Gasteiger partial charge in [-0.25, -0.2) is 19.9 Å². The lowest BCUT2D eigenvalue weighted by Gasteiger charge is -2.24. The Morgan fingerprint density at radius 1 is 1.14 bits per heavy atom. The molecule has 146 valence electrons. The lowest BCUT2D eigenvalue weighted by molar-refractivity contribution is 0.0599. The highest BCUT2D eigenvalue weighted by Crippen LogP contribution is 2.36. The maximum absolute atomic E-state index is 11.1. The maximum Gasteiger partial charge on any atom is 0.142 e. The Hall–Kier alpha value is -3.03. The molecule has 1 fully saturated rings. The van der Waals surface area contributed by atoms with Crippen LogP contribution in [-0.2, 0) is 12.6 Å². The Morgan fingerprint density at radius 2 is 1.93 bits per heavy atom. The molecule has 0 radical (unpaired) electrons. The smallest absolute Gasteiger partial charge is 0.142 e. The predicted octanol–water partition coefficient (Wildman–Crippen LogP) is 3.18. The minimum absolute atomic E-state index is 0.414. The van der Waals surface area contributed by atoms with Gasteiger partial charge < -0.3 is 14.6 Å². The summed E-state index contributed by atoms with van der Waals surface area (Å²) in [4.78, 5) is 19.4. The van der Waals surface area contributed by atoms with Crippen LogP contribution in [0, 0.1) is 0 Å². The monoisotopic (exact) mass is 406 g/mol. The van der Waals surface area contributed by atoms with Gasteiger partial charge in [-0.1, -0.05) is 23.7 Å². The van der Waals surface area contributed by atoms with E-state index in [2.05, 4.69) is 19.9 Å². The number of anilines is 1. The summed E-state index contributed by atoms with van der Waals surface area (Å²) in [6.07, 6.45) is 7.01. The van der Waals surface area contributed by atoms with Crippen molar-refractivity contribution >= 4 is 28.5 Å². The van der Waals surface area contributed by atoms with Crippen molar-refractivity contribution in [1.29, 1.82) is 0 Å². The molecule has 7 nitrogen and oxygen atoms in total. The Kier molecular flexibility index (Phi) is 4.22. The van der Waals surface area contributed by atoms with Gasteiger partial charge in [0.1, 0.15) is 23.6 Å². The molecule has 1 saturated heterocycles. The summed E-state index contributed by atoms with van der Waals surface area (Å²) in [5.41, 5.74) is 2.48. The molecule has 29 heavy (non-hydrogen) atoms. The summed E-state index contributed by atoms with van der Waals surface area (Å²) in [6.45, 7) is 1.08. The zero-order chi connectivity index (χ0) is 20.0. The molecule has 4 aromatic rings. The Labute approximate surface area is 172 Å². The van der Waals surface area contributed by atoms with Gasteiger partial charge in [0.15, 0.2) is 0 Å². The summed E-state index contributed by atoms with van der Waals surface area (Å²) in [7, 11) is 1.98. The zero-order valence-electron chi connectivity index (χ0n) is 15.8. The van der Waals surface area contributed by atoms with Gasteiger partial charge in [-0.05, 0) is 24.6 Å². The van der Waals surface area contributed by atoms with Crippen LogP contribution in [0.15, 0.2) is 55.2 Å². The van der Waals surface area contributed by atoms with Crippen molar-refractivity contribution in [2.24, 2.45) is 7.05 Å². The highest BCUT2D eigenvalue weighted by molar-refractivity contribution is 6.33. The van der Waals surface area contributed by atoms with E-state index in [1.807, 2.05) is 41.9 Å². The predicted molar refractivity (Wildman–Crippen MR) is 112 cm³/mol. The number of aromatic nitrogens is 5. The highest BCUT2D eigenvalue weighted by atomic mass is 35.5. The van der Waals surface area contributed by atoms with Gasteiger partial charge in [-0.2, -0.15) is 0 Å². The van der Waals surface area contributed by atoms with E-state index in [1.165, 1.54) is 6.33 Å². The Morgan fingerprint density at radius 3 is 2.72 bits per heavy atom. The molecule has 0 amide bonds. The average Bonchev–Trinajstić information content (AvgIpc) is 3.31. The fourth-order valence-corrected chi connectivity index (χ4v) is 4.11. The number of aliphatic hydroxyl groups is 1. The van der Waals surface area contributed by atoms with Gasteiger partial charge in [0.25, 0.3) is 0 Å². The van der Waals surface area contributed by atoms with Crippen LogP contribution < -0.4 is 4.90 Å². The van der Waals surface area contributed by atoms with Gasteiger partial charge in [-0.3, -0.25) is 0 Å². The Bertz CT molecular complexity index is 1190. The molecule has 5 rings (SSSR count). The number of hydrogen-bond donors (Lipinski definition) is 1. The number of imidazole rings is 1. The van der Waals surface area contributed by atoms with Gasteiger partial charge in [0.2, 0.25) is 0 Å². The third-order valence-electron chi connectivity index (χ3n) is 5.54. The maximum atomic E-state index is 11.1. The topological polar surface area (TPSA) is 80.0 Å². The van der Waals surface area contributed by atoms with E-state index in [-0.39, 0.29) is 0 Å². The molecular weight excluding hydrogens is 388 g/mol. The second-order valence-electron chi connectivity index (χ2n) is 7.34. The summed E-state index contributed by atoms with van der Waals surface area (Å²) in [5.74, 6) is 1.54. The van der Waals surface area contributed by atoms with Crippen LogP contribution >= 0.6 is 11.6 Å². The van der Waals surface area contributed by atoms with Gasteiger partial charge in [0.05, 0.1) is 22.6 Å². The van der Waals surface area contributed by atoms with E-state index in [1.54, 1.807) is 18.6 Å². The van der Waals surface area contributed by atoms with E-state index < -0.39 is 5.60 Å². The van der Waals surface area contributed by atoms with E-state index in [9.17, 15) is 5.11 Å². The van der Waals surface area contributed by atoms with Crippen molar-refractivity contribution in [2.75, 3.05) is 18.0 Å². The first kappa shape index (κ1) is 18.0. The van der Waals surface area contributed by atoms with Crippen LogP contribution in [0.2, 0.25) is 5.02 Å². The molecule has 4 heterocycles. The number of nitrogens with zero attached hydrogens (tertiary/aromatic N) is 6. The molecule has 1 aliphatic rings. The highest BCUT2D eigenvalue weighted by Gasteiger charge is 2.39. The number of halogens is 1. The van der Waals surface area contributed by atoms with Crippen molar-refractivity contribution in [2.45, 2.75) is 12.0 Å². The van der Waals surface area contributed by atoms with E-state index in [0.29, 0.717) is 30.1 Å². The summed E-state index contributed by atoms with van der Waals surface area (Å²) in [6, 6.07) is 9.92. The van der Waals surface area contributed by atoms with Crippen LogP contribution in [0.25, 0.3) is 22.4 Å². The number of rotatable bonds is 3. The number of β-amino-alcohol motifs (C(OH)–C–C–N with tert-alkyl or cyclic N) is 1.